The van der Waals surface area contributed by atoms with E-state index in [0.717, 1.165) is 62.6 Å². The summed E-state index contributed by atoms with van der Waals surface area (Å²) in [5, 5.41) is 5.06. The van der Waals surface area contributed by atoms with Crippen molar-refractivity contribution in [3.63, 3.8) is 0 Å². The highest BCUT2D eigenvalue weighted by molar-refractivity contribution is 7.98. The van der Waals surface area contributed by atoms with Crippen molar-refractivity contribution in [2.75, 3.05) is 65.6 Å². The van der Waals surface area contributed by atoms with Crippen LogP contribution in [0.5, 0.6) is 0 Å². The molecular weight excluding hydrogens is 465 g/mol. The minimum Gasteiger partial charge on any atom is -0.378 e. The molecule has 0 saturated carbocycles. The Morgan fingerprint density at radius 1 is 1.06 bits per heavy atom. The molecule has 0 N–H and O–H groups in total. The molecule has 5 heterocycles. The van der Waals surface area contributed by atoms with Crippen LogP contribution in [0.4, 0.5) is 4.39 Å². The van der Waals surface area contributed by atoms with Gasteiger partial charge in [-0.25, -0.2) is 4.39 Å². The maximum absolute atomic E-state index is 13.6. The quantitative estimate of drug-likeness (QED) is 0.629. The molecule has 9 heteroatoms. The SMILES string of the molecule is O=C(c1nn(C2CCCN(CCN3CCC(F)C3)C2)c2c1CSc1ccccc1-2)N1CCOCC1. The third-order valence-corrected chi connectivity index (χ3v) is 8.90. The van der Waals surface area contributed by atoms with Gasteiger partial charge in [0.15, 0.2) is 5.69 Å². The Balaban J connectivity index is 1.28. The summed E-state index contributed by atoms with van der Waals surface area (Å²) in [6.07, 6.45) is 2.16. The molecule has 188 valence electrons. The molecular formula is C26H34FN5O2S. The van der Waals surface area contributed by atoms with E-state index < -0.39 is 6.17 Å². The Labute approximate surface area is 210 Å². The lowest BCUT2D eigenvalue weighted by atomic mass is 10.0. The molecule has 0 bridgehead atoms. The summed E-state index contributed by atoms with van der Waals surface area (Å²) in [7, 11) is 0. The van der Waals surface area contributed by atoms with Crippen LogP contribution >= 0.6 is 11.8 Å². The number of hydrogen-bond acceptors (Lipinski definition) is 6. The van der Waals surface area contributed by atoms with Gasteiger partial charge in [-0.2, -0.15) is 5.10 Å². The molecule has 1 amide bonds. The van der Waals surface area contributed by atoms with E-state index in [0.29, 0.717) is 45.0 Å². The highest BCUT2D eigenvalue weighted by Crippen LogP contribution is 2.44. The molecule has 4 aliphatic rings. The second-order valence-corrected chi connectivity index (χ2v) is 11.1. The van der Waals surface area contributed by atoms with Crippen LogP contribution in [0.15, 0.2) is 29.2 Å². The number of ether oxygens (including phenoxy) is 1. The number of likely N-dealkylation sites (tertiary alicyclic amines) is 2. The zero-order valence-electron chi connectivity index (χ0n) is 20.2. The summed E-state index contributed by atoms with van der Waals surface area (Å²) in [6, 6.07) is 8.73. The molecule has 7 nitrogen and oxygen atoms in total. The predicted molar refractivity (Wildman–Crippen MR) is 135 cm³/mol. The summed E-state index contributed by atoms with van der Waals surface area (Å²) in [6.45, 7) is 7.73. The summed E-state index contributed by atoms with van der Waals surface area (Å²) >= 11 is 1.80. The first kappa shape index (κ1) is 23.5. The minimum atomic E-state index is -0.667. The third kappa shape index (κ3) is 4.75. The van der Waals surface area contributed by atoms with Crippen molar-refractivity contribution in [2.45, 2.75) is 42.1 Å². The van der Waals surface area contributed by atoms with E-state index in [1.165, 1.54) is 10.5 Å². The van der Waals surface area contributed by atoms with Crippen LogP contribution < -0.4 is 0 Å². The Hall–Kier alpha value is -1.94. The van der Waals surface area contributed by atoms with Crippen molar-refractivity contribution in [3.05, 3.63) is 35.5 Å². The van der Waals surface area contributed by atoms with Crippen molar-refractivity contribution in [1.82, 2.24) is 24.5 Å². The van der Waals surface area contributed by atoms with Crippen LogP contribution in [0.1, 0.15) is 41.4 Å². The number of benzene rings is 1. The number of amides is 1. The average Bonchev–Trinajstić information content (AvgIpc) is 3.51. The number of fused-ring (bicyclic) bond motifs is 3. The van der Waals surface area contributed by atoms with Gasteiger partial charge < -0.3 is 9.64 Å². The van der Waals surface area contributed by atoms with Crippen LogP contribution in [0.3, 0.4) is 0 Å². The topological polar surface area (TPSA) is 53.8 Å². The largest absolute Gasteiger partial charge is 0.378 e. The number of thioether (sulfide) groups is 1. The van der Waals surface area contributed by atoms with E-state index in [1.807, 2.05) is 4.90 Å². The number of piperidine rings is 1. The summed E-state index contributed by atoms with van der Waals surface area (Å²) in [5.74, 6) is 0.804. The zero-order chi connectivity index (χ0) is 23.8. The predicted octanol–water partition coefficient (Wildman–Crippen LogP) is 3.31. The van der Waals surface area contributed by atoms with Crippen molar-refractivity contribution in [3.8, 4) is 11.3 Å². The number of halogens is 1. The first-order valence-electron chi connectivity index (χ1n) is 13.0. The first-order valence-corrected chi connectivity index (χ1v) is 14.0. The molecule has 6 rings (SSSR count). The molecule has 1 aromatic heterocycles. The molecule has 0 radical (unpaired) electrons. The zero-order valence-corrected chi connectivity index (χ0v) is 21.0. The molecule has 2 atom stereocenters. The van der Waals surface area contributed by atoms with E-state index >= 15 is 0 Å². The van der Waals surface area contributed by atoms with Gasteiger partial charge in [0.2, 0.25) is 0 Å². The molecule has 3 saturated heterocycles. The van der Waals surface area contributed by atoms with Gasteiger partial charge in [-0.15, -0.1) is 11.8 Å². The van der Waals surface area contributed by atoms with Gasteiger partial charge in [0, 0.05) is 67.6 Å². The average molecular weight is 500 g/mol. The molecule has 0 aliphatic carbocycles. The lowest BCUT2D eigenvalue weighted by molar-refractivity contribution is 0.0297. The Bertz CT molecular complexity index is 1070. The van der Waals surface area contributed by atoms with E-state index in [-0.39, 0.29) is 11.9 Å². The molecule has 35 heavy (non-hydrogen) atoms. The van der Waals surface area contributed by atoms with Crippen LogP contribution in [-0.4, -0.2) is 102 Å². The second kappa shape index (κ2) is 10.2. The maximum Gasteiger partial charge on any atom is 0.274 e. The van der Waals surface area contributed by atoms with Crippen LogP contribution in [0.2, 0.25) is 0 Å². The summed E-state index contributed by atoms with van der Waals surface area (Å²) in [4.78, 5) is 21.5. The Kier molecular flexibility index (Phi) is 6.84. The fraction of sp³-hybridized carbons (Fsp3) is 0.615. The van der Waals surface area contributed by atoms with E-state index in [1.54, 1.807) is 11.8 Å². The number of alkyl halides is 1. The molecule has 1 aromatic carbocycles. The number of nitrogens with zero attached hydrogens (tertiary/aromatic N) is 5. The molecule has 3 fully saturated rings. The van der Waals surface area contributed by atoms with Crippen molar-refractivity contribution in [1.29, 1.82) is 0 Å². The second-order valence-electron chi connectivity index (χ2n) is 10.1. The third-order valence-electron chi connectivity index (χ3n) is 7.80. The van der Waals surface area contributed by atoms with Gasteiger partial charge >= 0.3 is 0 Å². The van der Waals surface area contributed by atoms with Gasteiger partial charge in [-0.05, 0) is 31.9 Å². The van der Waals surface area contributed by atoms with Gasteiger partial charge in [0.05, 0.1) is 24.9 Å². The smallest absolute Gasteiger partial charge is 0.274 e. The highest BCUT2D eigenvalue weighted by atomic mass is 32.2. The molecule has 2 aromatic rings. The van der Waals surface area contributed by atoms with E-state index in [4.69, 9.17) is 9.84 Å². The lowest BCUT2D eigenvalue weighted by Gasteiger charge is -2.35. The minimum absolute atomic E-state index is 0.0331. The maximum atomic E-state index is 13.6. The number of morpholine rings is 1. The highest BCUT2D eigenvalue weighted by Gasteiger charge is 2.34. The lowest BCUT2D eigenvalue weighted by Crippen LogP contribution is -2.42. The number of rotatable bonds is 5. The van der Waals surface area contributed by atoms with Gasteiger partial charge in [0.25, 0.3) is 5.91 Å². The molecule has 0 spiro atoms. The van der Waals surface area contributed by atoms with Gasteiger partial charge in [-0.3, -0.25) is 19.3 Å². The Morgan fingerprint density at radius 2 is 1.86 bits per heavy atom. The van der Waals surface area contributed by atoms with Crippen molar-refractivity contribution >= 4 is 17.7 Å². The number of carbonyl (C=O) groups excluding carboxylic acids is 1. The number of hydrogen-bond donors (Lipinski definition) is 0. The number of aromatic nitrogens is 2. The number of carbonyl (C=O) groups is 1. The van der Waals surface area contributed by atoms with E-state index in [9.17, 15) is 9.18 Å². The van der Waals surface area contributed by atoms with E-state index in [2.05, 4.69) is 38.7 Å². The fourth-order valence-electron chi connectivity index (χ4n) is 5.89. The van der Waals surface area contributed by atoms with Gasteiger partial charge in [0.1, 0.15) is 6.17 Å². The van der Waals surface area contributed by atoms with Crippen molar-refractivity contribution in [2.24, 2.45) is 0 Å². The normalized spacial score (nSPS) is 25.5. The van der Waals surface area contributed by atoms with Crippen LogP contribution in [0, 0.1) is 0 Å². The summed E-state index contributed by atoms with van der Waals surface area (Å²) < 4.78 is 21.3. The monoisotopic (exact) mass is 499 g/mol. The van der Waals surface area contributed by atoms with Crippen molar-refractivity contribution < 1.29 is 13.9 Å². The molecule has 4 aliphatic heterocycles. The van der Waals surface area contributed by atoms with Crippen LogP contribution in [0.25, 0.3) is 11.3 Å². The fourth-order valence-corrected chi connectivity index (χ4v) is 6.96. The first-order chi connectivity index (χ1) is 17.2. The summed E-state index contributed by atoms with van der Waals surface area (Å²) in [5.41, 5.74) is 4.01. The Morgan fingerprint density at radius 3 is 2.66 bits per heavy atom. The molecule has 2 unspecified atom stereocenters. The van der Waals surface area contributed by atoms with Gasteiger partial charge in [-0.1, -0.05) is 18.2 Å². The standard InChI is InChI=1S/C26H34FN5O2S/c27-19-7-9-30(16-19)11-10-29-8-3-4-20(17-29)32-25-21-5-1-2-6-23(21)35-18-22(25)24(28-32)26(33)31-12-14-34-15-13-31/h1-2,5-6,19-20H,3-4,7-18H2. The van der Waals surface area contributed by atoms with Crippen LogP contribution in [-0.2, 0) is 10.5 Å².